The minimum absolute atomic E-state index is 0.0155. The van der Waals surface area contributed by atoms with E-state index < -0.39 is 5.82 Å². The van der Waals surface area contributed by atoms with Gasteiger partial charge < -0.3 is 24.2 Å². The van der Waals surface area contributed by atoms with Crippen LogP contribution in [0.4, 0.5) is 4.39 Å². The molecule has 2 saturated heterocycles. The smallest absolute Gasteiger partial charge is 0.245 e. The van der Waals surface area contributed by atoms with Crippen LogP contribution in [-0.2, 0) is 4.79 Å². The monoisotopic (exact) mass is 613 g/mol. The average molecular weight is 614 g/mol. The van der Waals surface area contributed by atoms with E-state index in [0.717, 1.165) is 30.2 Å². The molecule has 2 aliphatic heterocycles. The Morgan fingerprint density at radius 3 is 2.68 bits per heavy atom. The quantitative estimate of drug-likeness (QED) is 0.214. The number of piperidine rings is 1. The lowest BCUT2D eigenvalue weighted by atomic mass is 9.95. The summed E-state index contributed by atoms with van der Waals surface area (Å²) in [6.07, 6.45) is 6.64. The normalized spacial score (nSPS) is 18.1. The largest absolute Gasteiger partial charge is 0.508 e. The maximum Gasteiger partial charge on any atom is 0.245 e. The number of phenolic OH excluding ortho intramolecular Hbond substituents is 1. The van der Waals surface area contributed by atoms with Crippen molar-refractivity contribution in [3.8, 4) is 22.8 Å². The number of amides is 1. The molecule has 4 heterocycles. The van der Waals surface area contributed by atoms with E-state index in [1.807, 2.05) is 24.3 Å². The van der Waals surface area contributed by atoms with Crippen LogP contribution in [0.15, 0.2) is 61.4 Å². The fourth-order valence-electron chi connectivity index (χ4n) is 6.82. The first-order chi connectivity index (χ1) is 21.3. The molecule has 0 radical (unpaired) electrons. The molecule has 0 spiro atoms. The van der Waals surface area contributed by atoms with E-state index in [0.29, 0.717) is 54.5 Å². The van der Waals surface area contributed by atoms with Gasteiger partial charge in [0, 0.05) is 36.1 Å². The molecule has 7 rings (SSSR count). The number of aromatic hydroxyl groups is 1. The average Bonchev–Trinajstić information content (AvgIpc) is 3.66. The number of ether oxygens (including phenoxy) is 1. The lowest BCUT2D eigenvalue weighted by Gasteiger charge is -2.32. The number of phenols is 1. The second-order valence-electron chi connectivity index (χ2n) is 11.8. The minimum Gasteiger partial charge on any atom is -0.508 e. The predicted octanol–water partition coefficient (Wildman–Crippen LogP) is 6.73. The third-order valence-electron chi connectivity index (χ3n) is 9.20. The van der Waals surface area contributed by atoms with Gasteiger partial charge in [0.05, 0.1) is 16.9 Å². The van der Waals surface area contributed by atoms with E-state index in [4.69, 9.17) is 26.3 Å². The Morgan fingerprint density at radius 1 is 1.14 bits per heavy atom. The Bertz CT molecular complexity index is 1930. The number of hydrogen-bond donors (Lipinski definition) is 1. The second kappa shape index (κ2) is 11.4. The van der Waals surface area contributed by atoms with E-state index in [2.05, 4.69) is 23.1 Å². The van der Waals surface area contributed by atoms with Gasteiger partial charge in [-0.2, -0.15) is 0 Å². The van der Waals surface area contributed by atoms with Crippen molar-refractivity contribution in [1.29, 1.82) is 0 Å². The molecule has 3 aromatic carbocycles. The number of pyridine rings is 1. The molecule has 10 heteroatoms. The van der Waals surface area contributed by atoms with Crippen LogP contribution in [0.1, 0.15) is 31.7 Å². The maximum atomic E-state index is 16.9. The zero-order valence-corrected chi connectivity index (χ0v) is 25.2. The summed E-state index contributed by atoms with van der Waals surface area (Å²) in [7, 11) is 2.08. The van der Waals surface area contributed by atoms with E-state index in [1.165, 1.54) is 12.1 Å². The molecule has 5 aromatic rings. The predicted molar refractivity (Wildman–Crippen MR) is 171 cm³/mol. The number of imidazole rings is 1. The molecule has 0 aliphatic carbocycles. The summed E-state index contributed by atoms with van der Waals surface area (Å²) >= 11 is 6.90. The fourth-order valence-corrected chi connectivity index (χ4v) is 7.12. The van der Waals surface area contributed by atoms with Gasteiger partial charge in [-0.25, -0.2) is 14.4 Å². The van der Waals surface area contributed by atoms with Gasteiger partial charge in [0.25, 0.3) is 0 Å². The first-order valence-corrected chi connectivity index (χ1v) is 15.4. The number of carbonyl (C=O) groups excluding carboxylic acids is 1. The van der Waals surface area contributed by atoms with E-state index in [-0.39, 0.29) is 45.7 Å². The Labute approximate surface area is 259 Å². The molecular weight excluding hydrogens is 581 g/mol. The molecule has 1 atom stereocenters. The molecule has 2 fully saturated rings. The van der Waals surface area contributed by atoms with E-state index in [1.54, 1.807) is 23.4 Å². The molecule has 1 amide bonds. The van der Waals surface area contributed by atoms with Crippen LogP contribution in [0.3, 0.4) is 0 Å². The van der Waals surface area contributed by atoms with E-state index >= 15 is 4.39 Å². The summed E-state index contributed by atoms with van der Waals surface area (Å²) in [5.74, 6) is -0.380. The summed E-state index contributed by atoms with van der Waals surface area (Å²) in [5, 5.41) is 12.8. The molecule has 0 bridgehead atoms. The first-order valence-electron chi connectivity index (χ1n) is 15.0. The number of aromatic nitrogens is 3. The zero-order chi connectivity index (χ0) is 30.5. The third kappa shape index (κ3) is 4.84. The Kier molecular flexibility index (Phi) is 7.38. The van der Waals surface area contributed by atoms with Gasteiger partial charge in [-0.1, -0.05) is 42.4 Å². The van der Waals surface area contributed by atoms with Crippen LogP contribution in [0.2, 0.25) is 5.02 Å². The number of nitrogens with zero attached hydrogens (tertiary/aromatic N) is 5. The third-order valence-corrected chi connectivity index (χ3v) is 9.50. The zero-order valence-electron chi connectivity index (χ0n) is 24.5. The lowest BCUT2D eigenvalue weighted by Crippen LogP contribution is -2.38. The van der Waals surface area contributed by atoms with Crippen LogP contribution in [-0.4, -0.2) is 74.7 Å². The van der Waals surface area contributed by atoms with Gasteiger partial charge >= 0.3 is 0 Å². The first kappa shape index (κ1) is 28.6. The Hall–Kier alpha value is -4.21. The van der Waals surface area contributed by atoms with Crippen molar-refractivity contribution in [3.05, 3.63) is 72.3 Å². The Morgan fingerprint density at radius 2 is 1.93 bits per heavy atom. The lowest BCUT2D eigenvalue weighted by molar-refractivity contribution is -0.127. The van der Waals surface area contributed by atoms with Crippen LogP contribution >= 0.6 is 11.6 Å². The highest BCUT2D eigenvalue weighted by Gasteiger charge is 2.29. The van der Waals surface area contributed by atoms with Crippen molar-refractivity contribution < 1.29 is 19.0 Å². The number of likely N-dealkylation sites (tertiary alicyclic amines) is 2. The minimum atomic E-state index is -0.591. The number of carbonyl (C=O) groups is 1. The van der Waals surface area contributed by atoms with Gasteiger partial charge in [0.2, 0.25) is 11.8 Å². The molecule has 1 unspecified atom stereocenters. The molecule has 2 aromatic heterocycles. The van der Waals surface area contributed by atoms with Crippen molar-refractivity contribution >= 4 is 50.2 Å². The van der Waals surface area contributed by atoms with Crippen LogP contribution < -0.4 is 4.74 Å². The molecule has 44 heavy (non-hydrogen) atoms. The number of benzene rings is 3. The fraction of sp³-hybridized carbons (Fsp3) is 0.324. The van der Waals surface area contributed by atoms with Gasteiger partial charge in [-0.05, 0) is 79.9 Å². The number of halogens is 2. The summed E-state index contributed by atoms with van der Waals surface area (Å²) in [6.45, 7) is 6.20. The van der Waals surface area contributed by atoms with Crippen LogP contribution in [0.5, 0.6) is 11.6 Å². The van der Waals surface area contributed by atoms with Crippen molar-refractivity contribution in [2.45, 2.75) is 37.8 Å². The van der Waals surface area contributed by atoms with Gasteiger partial charge in [-0.15, -0.1) is 0 Å². The topological polar surface area (TPSA) is 83.7 Å². The molecule has 8 nitrogen and oxygen atoms in total. The second-order valence-corrected chi connectivity index (χ2v) is 12.2. The highest BCUT2D eigenvalue weighted by molar-refractivity contribution is 6.35. The van der Waals surface area contributed by atoms with E-state index in [9.17, 15) is 9.90 Å². The van der Waals surface area contributed by atoms with Gasteiger partial charge in [0.1, 0.15) is 17.9 Å². The number of hydrogen-bond acceptors (Lipinski definition) is 6. The number of rotatable bonds is 6. The summed E-state index contributed by atoms with van der Waals surface area (Å²) in [4.78, 5) is 25.7. The molecule has 2 aliphatic rings. The van der Waals surface area contributed by atoms with Gasteiger partial charge in [0.15, 0.2) is 11.3 Å². The standard InChI is InChI=1S/C34H33ClFN5O3/c1-3-28(43)40-13-10-21(11-14-40)41-19-37-32-33(41)26-17-27(35)29(25-16-23(42)15-20-7-4-5-9-24(20)25)30(36)31(26)38-34(32)44-18-22-8-6-12-39(22)2/h3-5,7,9,15-17,19,21-22,42H,1,6,8,10-14,18H2,2H3. The highest BCUT2D eigenvalue weighted by Crippen LogP contribution is 2.43. The summed E-state index contributed by atoms with van der Waals surface area (Å²) in [5.41, 5.74) is 2.02. The molecule has 0 saturated carbocycles. The number of likely N-dealkylation sites (N-methyl/N-ethyl adjacent to an activating group) is 1. The number of fused-ring (bicyclic) bond motifs is 4. The molecule has 226 valence electrons. The van der Waals surface area contributed by atoms with Gasteiger partial charge in [-0.3, -0.25) is 4.79 Å². The summed E-state index contributed by atoms with van der Waals surface area (Å²) < 4.78 is 25.3. The van der Waals surface area contributed by atoms with Crippen molar-refractivity contribution in [2.75, 3.05) is 33.3 Å². The highest BCUT2D eigenvalue weighted by atomic mass is 35.5. The van der Waals surface area contributed by atoms with Crippen molar-refractivity contribution in [3.63, 3.8) is 0 Å². The maximum absolute atomic E-state index is 16.9. The van der Waals surface area contributed by atoms with Crippen molar-refractivity contribution in [1.82, 2.24) is 24.3 Å². The molecular formula is C34H33ClFN5O3. The molecule has 1 N–H and O–H groups in total. The van der Waals surface area contributed by atoms with Crippen LogP contribution in [0.25, 0.3) is 43.8 Å². The summed E-state index contributed by atoms with van der Waals surface area (Å²) in [6, 6.07) is 12.7. The Balaban J connectivity index is 1.40. The van der Waals surface area contributed by atoms with Crippen LogP contribution in [0, 0.1) is 5.82 Å². The SMILES string of the molecule is C=CC(=O)N1CCC(n2cnc3c(OCC4CCCN4C)nc4c(F)c(-c5cc(O)cc6ccccc56)c(Cl)cc4c32)CC1. The van der Waals surface area contributed by atoms with Crippen molar-refractivity contribution in [2.24, 2.45) is 0 Å².